The fraction of sp³-hybridized carbons (Fsp3) is 0.667. The minimum absolute atomic E-state index is 0.259. The van der Waals surface area contributed by atoms with Gasteiger partial charge in [-0.1, -0.05) is 13.3 Å². The molecule has 1 aliphatic rings. The molecule has 1 saturated carbocycles. The molecule has 106 valence electrons. The molecule has 0 saturated heterocycles. The first kappa shape index (κ1) is 15.2. The average Bonchev–Trinajstić information content (AvgIpc) is 2.75. The van der Waals surface area contributed by atoms with Crippen LogP contribution in [0.3, 0.4) is 0 Å². The number of Topliss-reactive ketones (excluding diaryl/α,β-unsaturated/α-hetero) is 1. The Bertz CT molecular complexity index is 439. The number of carbonyl (C=O) groups excluding carboxylic acids is 1. The van der Waals surface area contributed by atoms with Gasteiger partial charge in [0.15, 0.2) is 5.78 Å². The number of halogens is 1. The number of hydrogen-bond donors (Lipinski definition) is 0. The van der Waals surface area contributed by atoms with E-state index in [1.54, 1.807) is 11.3 Å². The Hall–Kier alpha value is -0.190. The summed E-state index contributed by atoms with van der Waals surface area (Å²) in [6, 6.07) is 2.04. The molecule has 1 aromatic rings. The lowest BCUT2D eigenvalue weighted by Gasteiger charge is -2.38. The minimum Gasteiger partial charge on any atom is -0.367 e. The van der Waals surface area contributed by atoms with Gasteiger partial charge in [-0.15, -0.1) is 11.3 Å². The van der Waals surface area contributed by atoms with E-state index in [0.717, 1.165) is 28.6 Å². The lowest BCUT2D eigenvalue weighted by molar-refractivity contribution is -0.150. The third-order valence-corrected chi connectivity index (χ3v) is 5.54. The molecule has 0 aromatic carbocycles. The first-order valence-electron chi connectivity index (χ1n) is 6.96. The van der Waals surface area contributed by atoms with Crippen LogP contribution in [0, 0.1) is 5.92 Å². The number of thiophene rings is 1. The zero-order chi connectivity index (χ0) is 13.9. The molecule has 0 spiro atoms. The zero-order valence-corrected chi connectivity index (χ0v) is 14.0. The number of ketones is 1. The highest BCUT2D eigenvalue weighted by Crippen LogP contribution is 2.37. The Morgan fingerprint density at radius 1 is 1.63 bits per heavy atom. The van der Waals surface area contributed by atoms with Gasteiger partial charge in [0.1, 0.15) is 5.60 Å². The van der Waals surface area contributed by atoms with Gasteiger partial charge in [-0.25, -0.2) is 0 Å². The van der Waals surface area contributed by atoms with E-state index in [0.29, 0.717) is 18.9 Å². The summed E-state index contributed by atoms with van der Waals surface area (Å²) in [5.41, 5.74) is -0.525. The van der Waals surface area contributed by atoms with Crippen molar-refractivity contribution in [3.05, 3.63) is 20.8 Å². The van der Waals surface area contributed by atoms with Crippen LogP contribution < -0.4 is 0 Å². The van der Waals surface area contributed by atoms with Gasteiger partial charge in [0.2, 0.25) is 0 Å². The summed E-state index contributed by atoms with van der Waals surface area (Å²) in [6.07, 6.45) is 4.58. The van der Waals surface area contributed by atoms with Crippen molar-refractivity contribution in [2.24, 2.45) is 5.92 Å². The standard InChI is InChI=1S/C15H21BrO2S/c1-3-18-15(6-4-5-11(2)9-15)14(17)8-13-7-12(16)10-19-13/h7,10-11H,3-6,8-9H2,1-2H3. The molecule has 2 unspecified atom stereocenters. The van der Waals surface area contributed by atoms with Gasteiger partial charge in [0.25, 0.3) is 0 Å². The predicted octanol–water partition coefficient (Wildman–Crippen LogP) is 4.61. The van der Waals surface area contributed by atoms with Crippen LogP contribution in [0.25, 0.3) is 0 Å². The number of ether oxygens (including phenoxy) is 1. The molecule has 2 rings (SSSR count). The summed E-state index contributed by atoms with van der Waals surface area (Å²) < 4.78 is 6.98. The van der Waals surface area contributed by atoms with E-state index in [2.05, 4.69) is 22.9 Å². The molecule has 0 aliphatic heterocycles. The van der Waals surface area contributed by atoms with Crippen molar-refractivity contribution in [3.63, 3.8) is 0 Å². The molecule has 4 heteroatoms. The van der Waals surface area contributed by atoms with Crippen LogP contribution in [0.5, 0.6) is 0 Å². The molecule has 0 radical (unpaired) electrons. The van der Waals surface area contributed by atoms with Crippen LogP contribution in [0.1, 0.15) is 44.4 Å². The molecular weight excluding hydrogens is 324 g/mol. The Kier molecular flexibility index (Phi) is 5.21. The van der Waals surface area contributed by atoms with Gasteiger partial charge in [-0.3, -0.25) is 4.79 Å². The number of carbonyl (C=O) groups is 1. The minimum atomic E-state index is -0.525. The van der Waals surface area contributed by atoms with Gasteiger partial charge >= 0.3 is 0 Å². The second kappa shape index (κ2) is 6.51. The summed E-state index contributed by atoms with van der Waals surface area (Å²) in [7, 11) is 0. The van der Waals surface area contributed by atoms with Crippen molar-refractivity contribution >= 4 is 33.0 Å². The zero-order valence-electron chi connectivity index (χ0n) is 11.6. The first-order chi connectivity index (χ1) is 9.05. The van der Waals surface area contributed by atoms with E-state index in [9.17, 15) is 4.79 Å². The lowest BCUT2D eigenvalue weighted by Crippen LogP contribution is -2.46. The van der Waals surface area contributed by atoms with E-state index in [4.69, 9.17) is 4.74 Å². The predicted molar refractivity (Wildman–Crippen MR) is 82.7 cm³/mol. The van der Waals surface area contributed by atoms with Gasteiger partial charge in [0.05, 0.1) is 0 Å². The van der Waals surface area contributed by atoms with Crippen LogP contribution in [0.2, 0.25) is 0 Å². The smallest absolute Gasteiger partial charge is 0.169 e. The van der Waals surface area contributed by atoms with Crippen molar-refractivity contribution in [3.8, 4) is 0 Å². The fourth-order valence-corrected chi connectivity index (χ4v) is 4.46. The topological polar surface area (TPSA) is 26.3 Å². The van der Waals surface area contributed by atoms with E-state index >= 15 is 0 Å². The van der Waals surface area contributed by atoms with E-state index in [-0.39, 0.29) is 5.78 Å². The summed E-state index contributed by atoms with van der Waals surface area (Å²) >= 11 is 5.08. The number of hydrogen-bond acceptors (Lipinski definition) is 3. The summed E-state index contributed by atoms with van der Waals surface area (Å²) in [4.78, 5) is 13.8. The maximum absolute atomic E-state index is 12.7. The molecule has 0 N–H and O–H groups in total. The highest BCUT2D eigenvalue weighted by molar-refractivity contribution is 9.10. The maximum atomic E-state index is 12.7. The third-order valence-electron chi connectivity index (χ3n) is 3.84. The molecule has 19 heavy (non-hydrogen) atoms. The highest BCUT2D eigenvalue weighted by Gasteiger charge is 2.41. The quantitative estimate of drug-likeness (QED) is 0.779. The third kappa shape index (κ3) is 3.67. The lowest BCUT2D eigenvalue weighted by atomic mass is 9.75. The largest absolute Gasteiger partial charge is 0.367 e. The first-order valence-corrected chi connectivity index (χ1v) is 8.63. The Labute approximate surface area is 127 Å². The average molecular weight is 345 g/mol. The monoisotopic (exact) mass is 344 g/mol. The van der Waals surface area contributed by atoms with Gasteiger partial charge < -0.3 is 4.74 Å². The molecule has 1 aromatic heterocycles. The molecule has 1 heterocycles. The van der Waals surface area contributed by atoms with E-state index < -0.39 is 5.60 Å². The molecule has 2 atom stereocenters. The highest BCUT2D eigenvalue weighted by atomic mass is 79.9. The van der Waals surface area contributed by atoms with E-state index in [1.165, 1.54) is 6.42 Å². The summed E-state index contributed by atoms with van der Waals surface area (Å²) in [6.45, 7) is 4.82. The van der Waals surface area contributed by atoms with Crippen molar-refractivity contribution in [1.82, 2.24) is 0 Å². The normalized spacial score (nSPS) is 27.4. The fourth-order valence-electron chi connectivity index (χ4n) is 3.01. The molecule has 1 aliphatic carbocycles. The van der Waals surface area contributed by atoms with Gasteiger partial charge in [-0.2, -0.15) is 0 Å². The Morgan fingerprint density at radius 2 is 2.42 bits per heavy atom. The van der Waals surface area contributed by atoms with E-state index in [1.807, 2.05) is 18.4 Å². The second-order valence-electron chi connectivity index (χ2n) is 5.46. The van der Waals surface area contributed by atoms with Crippen molar-refractivity contribution in [2.75, 3.05) is 6.61 Å². The molecule has 0 bridgehead atoms. The Balaban J connectivity index is 2.11. The van der Waals surface area contributed by atoms with Crippen LogP contribution in [-0.4, -0.2) is 18.0 Å². The van der Waals surface area contributed by atoms with Crippen molar-refractivity contribution in [2.45, 2.75) is 51.6 Å². The SMILES string of the molecule is CCOC1(C(=O)Cc2cc(Br)cs2)CCCC(C)C1. The van der Waals surface area contributed by atoms with Crippen LogP contribution >= 0.6 is 27.3 Å². The van der Waals surface area contributed by atoms with Crippen molar-refractivity contribution < 1.29 is 9.53 Å². The summed E-state index contributed by atoms with van der Waals surface area (Å²) in [5.74, 6) is 0.842. The Morgan fingerprint density at radius 3 is 3.00 bits per heavy atom. The second-order valence-corrected chi connectivity index (χ2v) is 7.37. The number of rotatable bonds is 5. The molecular formula is C15H21BrO2S. The van der Waals surface area contributed by atoms with Gasteiger partial charge in [0, 0.05) is 27.8 Å². The van der Waals surface area contributed by atoms with Crippen molar-refractivity contribution in [1.29, 1.82) is 0 Å². The molecule has 2 nitrogen and oxygen atoms in total. The van der Waals surface area contributed by atoms with Gasteiger partial charge in [-0.05, 0) is 54.1 Å². The van der Waals surface area contributed by atoms with Crippen LogP contribution in [0.15, 0.2) is 15.9 Å². The van der Waals surface area contributed by atoms with Crippen LogP contribution in [0.4, 0.5) is 0 Å². The summed E-state index contributed by atoms with van der Waals surface area (Å²) in [5, 5.41) is 2.03. The van der Waals surface area contributed by atoms with Crippen LogP contribution in [-0.2, 0) is 16.0 Å². The molecule has 1 fully saturated rings. The molecule has 0 amide bonds. The maximum Gasteiger partial charge on any atom is 0.169 e.